The Kier molecular flexibility index (Phi) is 6.86. The van der Waals surface area contributed by atoms with Gasteiger partial charge in [0.25, 0.3) is 10.0 Å². The van der Waals surface area contributed by atoms with Gasteiger partial charge >= 0.3 is 0 Å². The minimum absolute atomic E-state index is 0.0339. The third-order valence-corrected chi connectivity index (χ3v) is 4.57. The third-order valence-electron chi connectivity index (χ3n) is 3.24. The second-order valence-corrected chi connectivity index (χ2v) is 7.27. The van der Waals surface area contributed by atoms with E-state index in [9.17, 15) is 8.42 Å². The fraction of sp³-hybridized carbons (Fsp3) is 0.714. The molecule has 0 atom stereocenters. The van der Waals surface area contributed by atoms with E-state index in [1.165, 1.54) is 6.07 Å². The fourth-order valence-electron chi connectivity index (χ4n) is 2.26. The molecule has 21 heavy (non-hydrogen) atoms. The number of hydrogen-bond donors (Lipinski definition) is 2. The number of furan rings is 1. The summed E-state index contributed by atoms with van der Waals surface area (Å²) in [7, 11) is -1.80. The fourth-order valence-corrected chi connectivity index (χ4v) is 3.23. The number of sulfonamides is 1. The minimum Gasteiger partial charge on any atom is -0.447 e. The Hall–Kier alpha value is -0.890. The van der Waals surface area contributed by atoms with Gasteiger partial charge in [-0.1, -0.05) is 0 Å². The van der Waals surface area contributed by atoms with Crippen LogP contribution < -0.4 is 10.0 Å². The molecule has 0 bridgehead atoms. The smallest absolute Gasteiger partial charge is 0.274 e. The number of hydrogen-bond acceptors (Lipinski definition) is 5. The Labute approximate surface area is 127 Å². The summed E-state index contributed by atoms with van der Waals surface area (Å²) in [6, 6.07) is 3.90. The molecular formula is C14H27N3O3S. The van der Waals surface area contributed by atoms with E-state index in [0.29, 0.717) is 37.5 Å². The van der Waals surface area contributed by atoms with Gasteiger partial charge in [0.15, 0.2) is 0 Å². The third kappa shape index (κ3) is 5.43. The van der Waals surface area contributed by atoms with E-state index in [4.69, 9.17) is 4.42 Å². The molecule has 0 aliphatic heterocycles. The summed E-state index contributed by atoms with van der Waals surface area (Å²) in [6.07, 6.45) is 0. The largest absolute Gasteiger partial charge is 0.447 e. The van der Waals surface area contributed by atoms with Gasteiger partial charge in [0.1, 0.15) is 5.76 Å². The van der Waals surface area contributed by atoms with Crippen molar-refractivity contribution in [2.45, 2.75) is 51.4 Å². The van der Waals surface area contributed by atoms with E-state index in [1.807, 2.05) is 0 Å². The molecular weight excluding hydrogens is 290 g/mol. The second kappa shape index (κ2) is 7.93. The average Bonchev–Trinajstić information content (AvgIpc) is 2.83. The predicted octanol–water partition coefficient (Wildman–Crippen LogP) is 1.40. The number of nitrogens with zero attached hydrogens (tertiary/aromatic N) is 1. The van der Waals surface area contributed by atoms with Crippen LogP contribution in [0.5, 0.6) is 0 Å². The molecule has 6 nitrogen and oxygen atoms in total. The lowest BCUT2D eigenvalue weighted by molar-refractivity contribution is 0.179. The summed E-state index contributed by atoms with van der Waals surface area (Å²) in [5.41, 5.74) is 0. The molecule has 122 valence electrons. The molecule has 0 saturated carbocycles. The number of rotatable bonds is 9. The lowest BCUT2D eigenvalue weighted by Gasteiger charge is -2.30. The van der Waals surface area contributed by atoms with E-state index in [0.717, 1.165) is 0 Å². The van der Waals surface area contributed by atoms with Gasteiger partial charge < -0.3 is 9.73 Å². The van der Waals surface area contributed by atoms with Gasteiger partial charge in [-0.25, -0.2) is 13.1 Å². The van der Waals surface area contributed by atoms with Crippen LogP contribution in [0.4, 0.5) is 0 Å². The van der Waals surface area contributed by atoms with Crippen LogP contribution in [-0.2, 0) is 16.6 Å². The SMILES string of the molecule is CNCc1ccc(S(=O)(=O)NCCN(C(C)C)C(C)C)o1. The highest BCUT2D eigenvalue weighted by molar-refractivity contribution is 7.89. The van der Waals surface area contributed by atoms with Crippen LogP contribution in [-0.4, -0.2) is 45.5 Å². The van der Waals surface area contributed by atoms with E-state index in [2.05, 4.69) is 42.6 Å². The van der Waals surface area contributed by atoms with Crippen molar-refractivity contribution >= 4 is 10.0 Å². The Morgan fingerprint density at radius 3 is 2.33 bits per heavy atom. The first kappa shape index (κ1) is 18.2. The van der Waals surface area contributed by atoms with E-state index in [1.54, 1.807) is 13.1 Å². The highest BCUT2D eigenvalue weighted by Gasteiger charge is 2.19. The molecule has 0 amide bonds. The quantitative estimate of drug-likeness (QED) is 0.720. The first-order valence-corrected chi connectivity index (χ1v) is 8.75. The molecule has 1 heterocycles. The Bertz CT molecular complexity index is 515. The van der Waals surface area contributed by atoms with E-state index < -0.39 is 10.0 Å². The van der Waals surface area contributed by atoms with Crippen LogP contribution in [0.25, 0.3) is 0 Å². The zero-order valence-corrected chi connectivity index (χ0v) is 14.3. The molecule has 0 saturated heterocycles. The molecule has 0 aromatic carbocycles. The first-order valence-electron chi connectivity index (χ1n) is 7.26. The van der Waals surface area contributed by atoms with E-state index in [-0.39, 0.29) is 5.09 Å². The highest BCUT2D eigenvalue weighted by Crippen LogP contribution is 2.13. The molecule has 0 spiro atoms. The Balaban J connectivity index is 2.60. The van der Waals surface area contributed by atoms with Gasteiger partial charge in [0.05, 0.1) is 6.54 Å². The van der Waals surface area contributed by atoms with Crippen molar-refractivity contribution in [3.05, 3.63) is 17.9 Å². The Morgan fingerprint density at radius 2 is 1.81 bits per heavy atom. The van der Waals surface area contributed by atoms with Crippen molar-refractivity contribution in [3.8, 4) is 0 Å². The van der Waals surface area contributed by atoms with Gasteiger partial charge in [-0.3, -0.25) is 4.90 Å². The van der Waals surface area contributed by atoms with Gasteiger partial charge in [-0.15, -0.1) is 0 Å². The summed E-state index contributed by atoms with van der Waals surface area (Å²) < 4.78 is 32.2. The molecule has 2 N–H and O–H groups in total. The first-order chi connectivity index (χ1) is 9.77. The lowest BCUT2D eigenvalue weighted by atomic mass is 10.2. The summed E-state index contributed by atoms with van der Waals surface area (Å²) in [6.45, 7) is 9.94. The summed E-state index contributed by atoms with van der Waals surface area (Å²) in [5, 5.41) is 2.88. The molecule has 1 rings (SSSR count). The maximum atomic E-state index is 12.1. The topological polar surface area (TPSA) is 74.6 Å². The lowest BCUT2D eigenvalue weighted by Crippen LogP contribution is -2.42. The molecule has 1 aromatic rings. The van der Waals surface area contributed by atoms with Crippen molar-refractivity contribution in [3.63, 3.8) is 0 Å². The maximum Gasteiger partial charge on any atom is 0.274 e. The van der Waals surface area contributed by atoms with Crippen LogP contribution in [0.3, 0.4) is 0 Å². The van der Waals surface area contributed by atoms with Gasteiger partial charge in [0, 0.05) is 25.2 Å². The normalized spacial score (nSPS) is 12.8. The molecule has 0 aliphatic rings. The summed E-state index contributed by atoms with van der Waals surface area (Å²) >= 11 is 0. The van der Waals surface area contributed by atoms with Crippen molar-refractivity contribution < 1.29 is 12.8 Å². The molecule has 7 heteroatoms. The molecule has 0 unspecified atom stereocenters. The van der Waals surface area contributed by atoms with E-state index >= 15 is 0 Å². The highest BCUT2D eigenvalue weighted by atomic mass is 32.2. The summed E-state index contributed by atoms with van der Waals surface area (Å²) in [5.74, 6) is 0.601. The minimum atomic E-state index is -3.58. The van der Waals surface area contributed by atoms with Crippen molar-refractivity contribution in [1.82, 2.24) is 14.9 Å². The van der Waals surface area contributed by atoms with Crippen LogP contribution >= 0.6 is 0 Å². The molecule has 0 aliphatic carbocycles. The molecule has 0 fully saturated rings. The maximum absolute atomic E-state index is 12.1. The molecule has 1 aromatic heterocycles. The standard InChI is InChI=1S/C14H27N3O3S/c1-11(2)17(12(3)4)9-8-16-21(18,19)14-7-6-13(20-14)10-15-5/h6-7,11-12,15-16H,8-10H2,1-5H3. The van der Waals surface area contributed by atoms with Crippen LogP contribution in [0.15, 0.2) is 21.6 Å². The average molecular weight is 317 g/mol. The van der Waals surface area contributed by atoms with Crippen LogP contribution in [0.1, 0.15) is 33.5 Å². The van der Waals surface area contributed by atoms with Gasteiger partial charge in [-0.05, 0) is 46.9 Å². The van der Waals surface area contributed by atoms with Gasteiger partial charge in [-0.2, -0.15) is 0 Å². The number of nitrogens with one attached hydrogen (secondary N) is 2. The van der Waals surface area contributed by atoms with Crippen molar-refractivity contribution in [1.29, 1.82) is 0 Å². The van der Waals surface area contributed by atoms with Crippen molar-refractivity contribution in [2.75, 3.05) is 20.1 Å². The van der Waals surface area contributed by atoms with Crippen molar-refractivity contribution in [2.24, 2.45) is 0 Å². The van der Waals surface area contributed by atoms with Gasteiger partial charge in [0.2, 0.25) is 5.09 Å². The zero-order chi connectivity index (χ0) is 16.0. The second-order valence-electron chi connectivity index (χ2n) is 5.57. The zero-order valence-electron chi connectivity index (χ0n) is 13.5. The Morgan fingerprint density at radius 1 is 1.19 bits per heavy atom. The van der Waals surface area contributed by atoms with Crippen LogP contribution in [0, 0.1) is 0 Å². The molecule has 0 radical (unpaired) electrons. The monoisotopic (exact) mass is 317 g/mol. The predicted molar refractivity (Wildman–Crippen MR) is 83.6 cm³/mol. The summed E-state index contributed by atoms with van der Waals surface area (Å²) in [4.78, 5) is 2.23. The van der Waals surface area contributed by atoms with Crippen LogP contribution in [0.2, 0.25) is 0 Å².